The number of amides is 4. The standard InChI is InChI=1S/C46H49Cl2N7O8/c1-61-39-24-37(34(47)22-35(39)48)51-44-29(25-49)26-50-36-23-41(40(62-2)21-32(36)44)63-19-7-14-53-15-17-54(18-16-53)43(58)11-5-3-4-9-30(56)20-28-8-6-10-31-33(28)27-55(46(31)60)38-12-13-42(57)52-45(38)59/h6,8,10,21-24,26,38H,3-5,7,9,11-20,27H2,1-2H3,(H,50,51)(H,52,57,59). The number of piperazine rings is 1. The highest BCUT2D eigenvalue weighted by Gasteiger charge is 2.40. The van der Waals surface area contributed by atoms with Crippen molar-refractivity contribution in [1.82, 2.24) is 25.0 Å². The quantitative estimate of drug-likeness (QED) is 0.0807. The van der Waals surface area contributed by atoms with Crippen molar-refractivity contribution in [3.63, 3.8) is 0 Å². The van der Waals surface area contributed by atoms with Gasteiger partial charge in [-0.15, -0.1) is 0 Å². The zero-order valence-electron chi connectivity index (χ0n) is 35.3. The molecule has 4 aromatic rings. The third-order valence-electron chi connectivity index (χ3n) is 11.8. The van der Waals surface area contributed by atoms with Gasteiger partial charge in [0.2, 0.25) is 17.7 Å². The Morgan fingerprint density at radius 1 is 0.937 bits per heavy atom. The van der Waals surface area contributed by atoms with Crippen molar-refractivity contribution in [3.8, 4) is 23.3 Å². The van der Waals surface area contributed by atoms with Gasteiger partial charge in [0, 0.05) is 94.2 Å². The number of Topliss-reactive ketones (excluding diaryl/α,β-unsaturated/α-hetero) is 1. The van der Waals surface area contributed by atoms with Crippen molar-refractivity contribution in [1.29, 1.82) is 5.26 Å². The summed E-state index contributed by atoms with van der Waals surface area (Å²) in [6, 6.07) is 13.6. The number of aromatic nitrogens is 1. The zero-order chi connectivity index (χ0) is 44.6. The Morgan fingerprint density at radius 3 is 2.46 bits per heavy atom. The van der Waals surface area contributed by atoms with Crippen LogP contribution >= 0.6 is 23.2 Å². The number of benzene rings is 3. The number of rotatable bonds is 18. The third-order valence-corrected chi connectivity index (χ3v) is 12.4. The average Bonchev–Trinajstić information content (AvgIpc) is 3.61. The summed E-state index contributed by atoms with van der Waals surface area (Å²) in [5.74, 6) is 0.576. The summed E-state index contributed by atoms with van der Waals surface area (Å²) in [6.07, 6.45) is 5.88. The van der Waals surface area contributed by atoms with Gasteiger partial charge in [0.1, 0.15) is 23.6 Å². The van der Waals surface area contributed by atoms with Crippen molar-refractivity contribution < 1.29 is 38.2 Å². The Bertz CT molecular complexity index is 2470. The summed E-state index contributed by atoms with van der Waals surface area (Å²) < 4.78 is 17.2. The molecular weight excluding hydrogens is 849 g/mol. The van der Waals surface area contributed by atoms with E-state index in [1.54, 1.807) is 43.5 Å². The maximum atomic E-state index is 13.1. The highest BCUT2D eigenvalue weighted by Crippen LogP contribution is 2.40. The fraction of sp³-hybridized carbons (Fsp3) is 0.413. The van der Waals surface area contributed by atoms with Crippen molar-refractivity contribution in [2.45, 2.75) is 70.4 Å². The average molecular weight is 899 g/mol. The number of piperidine rings is 1. The number of anilines is 2. The Morgan fingerprint density at radius 2 is 1.71 bits per heavy atom. The van der Waals surface area contributed by atoms with Crippen molar-refractivity contribution in [3.05, 3.63) is 81.0 Å². The third kappa shape index (κ3) is 10.5. The van der Waals surface area contributed by atoms with Crippen LogP contribution in [0.15, 0.2) is 48.7 Å². The number of ketones is 1. The maximum Gasteiger partial charge on any atom is 0.255 e. The van der Waals surface area contributed by atoms with Crippen LogP contribution in [0.3, 0.4) is 0 Å². The number of unbranched alkanes of at least 4 members (excludes halogenated alkanes) is 2. The number of nitriles is 1. The van der Waals surface area contributed by atoms with E-state index in [1.165, 1.54) is 18.2 Å². The maximum absolute atomic E-state index is 13.1. The van der Waals surface area contributed by atoms with Gasteiger partial charge in [0.25, 0.3) is 5.91 Å². The van der Waals surface area contributed by atoms with E-state index in [9.17, 15) is 29.2 Å². The van der Waals surface area contributed by atoms with E-state index in [4.69, 9.17) is 37.4 Å². The number of nitrogens with one attached hydrogen (secondary N) is 2. The molecule has 17 heteroatoms. The predicted octanol–water partition coefficient (Wildman–Crippen LogP) is 6.61. The van der Waals surface area contributed by atoms with E-state index in [1.807, 2.05) is 11.0 Å². The molecule has 2 N–H and O–H groups in total. The predicted molar refractivity (Wildman–Crippen MR) is 237 cm³/mol. The molecule has 4 heterocycles. The Kier molecular flexibility index (Phi) is 14.7. The molecule has 1 atom stereocenters. The summed E-state index contributed by atoms with van der Waals surface area (Å²) in [7, 11) is 3.06. The van der Waals surface area contributed by atoms with Gasteiger partial charge >= 0.3 is 0 Å². The van der Waals surface area contributed by atoms with Gasteiger partial charge in [-0.05, 0) is 55.0 Å². The van der Waals surface area contributed by atoms with Crippen LogP contribution in [0.25, 0.3) is 10.9 Å². The first-order chi connectivity index (χ1) is 30.5. The first kappa shape index (κ1) is 45.1. The normalized spacial score (nSPS) is 16.4. The van der Waals surface area contributed by atoms with Gasteiger partial charge in [-0.25, -0.2) is 0 Å². The van der Waals surface area contributed by atoms with Crippen molar-refractivity contribution in [2.24, 2.45) is 0 Å². The van der Waals surface area contributed by atoms with Gasteiger partial charge in [-0.1, -0.05) is 41.8 Å². The first-order valence-electron chi connectivity index (χ1n) is 21.1. The monoisotopic (exact) mass is 897 g/mol. The Hall–Kier alpha value is -5.95. The molecule has 0 radical (unpaired) electrons. The van der Waals surface area contributed by atoms with Crippen LogP contribution in [-0.4, -0.2) is 109 Å². The Balaban J connectivity index is 0.810. The zero-order valence-corrected chi connectivity index (χ0v) is 36.8. The number of methoxy groups -OCH3 is 2. The highest BCUT2D eigenvalue weighted by molar-refractivity contribution is 6.37. The second kappa shape index (κ2) is 20.5. The molecule has 1 aromatic heterocycles. The number of imide groups is 1. The molecule has 3 aliphatic rings. The first-order valence-corrected chi connectivity index (χ1v) is 21.8. The molecule has 2 fully saturated rings. The van der Waals surface area contributed by atoms with Gasteiger partial charge in [-0.2, -0.15) is 5.26 Å². The molecular formula is C46H49Cl2N7O8. The molecule has 3 aromatic carbocycles. The number of halogens is 2. The van der Waals surface area contributed by atoms with E-state index in [0.29, 0.717) is 106 Å². The molecule has 3 aliphatic heterocycles. The summed E-state index contributed by atoms with van der Waals surface area (Å²) in [6.45, 7) is 4.32. The lowest BCUT2D eigenvalue weighted by Crippen LogP contribution is -2.52. The van der Waals surface area contributed by atoms with Crippen molar-refractivity contribution in [2.75, 3.05) is 58.9 Å². The molecule has 63 heavy (non-hydrogen) atoms. The Labute approximate surface area is 375 Å². The van der Waals surface area contributed by atoms with Crippen molar-refractivity contribution >= 4 is 74.9 Å². The van der Waals surface area contributed by atoms with E-state index in [-0.39, 0.29) is 49.3 Å². The summed E-state index contributed by atoms with van der Waals surface area (Å²) in [5, 5.41) is 16.8. The fourth-order valence-electron chi connectivity index (χ4n) is 8.35. The lowest BCUT2D eigenvalue weighted by molar-refractivity contribution is -0.137. The van der Waals surface area contributed by atoms with Crippen LogP contribution in [0, 0.1) is 11.3 Å². The molecule has 7 rings (SSSR count). The number of fused-ring (bicyclic) bond motifs is 2. The van der Waals surface area contributed by atoms with E-state index in [2.05, 4.69) is 26.6 Å². The van der Waals surface area contributed by atoms with Gasteiger partial charge in [-0.3, -0.25) is 39.2 Å². The molecule has 0 bridgehead atoms. The van der Waals surface area contributed by atoms with Crippen LogP contribution in [0.5, 0.6) is 17.2 Å². The number of carbonyl (C=O) groups excluding carboxylic acids is 5. The summed E-state index contributed by atoms with van der Waals surface area (Å²) in [4.78, 5) is 73.4. The lowest BCUT2D eigenvalue weighted by Gasteiger charge is -2.34. The minimum Gasteiger partial charge on any atom is -0.495 e. The number of pyridine rings is 1. The summed E-state index contributed by atoms with van der Waals surface area (Å²) >= 11 is 12.7. The van der Waals surface area contributed by atoms with Gasteiger partial charge < -0.3 is 29.3 Å². The van der Waals surface area contributed by atoms with E-state index < -0.39 is 11.9 Å². The molecule has 0 aliphatic carbocycles. The van der Waals surface area contributed by atoms with Crippen LogP contribution in [0.2, 0.25) is 10.0 Å². The van der Waals surface area contributed by atoms with Crippen LogP contribution in [0.1, 0.15) is 78.4 Å². The second-order valence-electron chi connectivity index (χ2n) is 15.8. The van der Waals surface area contributed by atoms with E-state index >= 15 is 0 Å². The highest BCUT2D eigenvalue weighted by atomic mass is 35.5. The molecule has 2 saturated heterocycles. The van der Waals surface area contributed by atoms with Gasteiger partial charge in [0.15, 0.2) is 11.5 Å². The van der Waals surface area contributed by atoms with Crippen LogP contribution in [-0.2, 0) is 32.1 Å². The number of hydrogen-bond acceptors (Lipinski definition) is 12. The molecule has 15 nitrogen and oxygen atoms in total. The number of carbonyl (C=O) groups is 5. The number of hydrogen-bond donors (Lipinski definition) is 2. The summed E-state index contributed by atoms with van der Waals surface area (Å²) in [5.41, 5.74) is 3.95. The topological polar surface area (TPSA) is 183 Å². The van der Waals surface area contributed by atoms with Crippen LogP contribution in [0.4, 0.5) is 11.4 Å². The van der Waals surface area contributed by atoms with Gasteiger partial charge in [0.05, 0.1) is 53.3 Å². The number of ether oxygens (including phenoxy) is 3. The smallest absolute Gasteiger partial charge is 0.255 e. The lowest BCUT2D eigenvalue weighted by atomic mass is 9.97. The number of nitrogens with zero attached hydrogens (tertiary/aromatic N) is 5. The largest absolute Gasteiger partial charge is 0.495 e. The molecule has 0 spiro atoms. The molecule has 330 valence electrons. The van der Waals surface area contributed by atoms with Crippen LogP contribution < -0.4 is 24.8 Å². The van der Waals surface area contributed by atoms with E-state index in [0.717, 1.165) is 43.6 Å². The molecule has 1 unspecified atom stereocenters. The fourth-order valence-corrected chi connectivity index (χ4v) is 8.86. The SMILES string of the molecule is COc1cc(Nc2c(C#N)cnc3cc(OCCCN4CCN(C(=O)CCCCCC(=O)Cc5cccc6c5CN(C5CCC(=O)NC5=O)C6=O)CC4)c(OC)cc23)c(Cl)cc1Cl. The molecule has 4 amide bonds. The minimum absolute atomic E-state index is 0.0667. The second-order valence-corrected chi connectivity index (χ2v) is 16.6. The molecule has 0 saturated carbocycles. The minimum atomic E-state index is -0.701.